The van der Waals surface area contributed by atoms with Crippen molar-refractivity contribution in [3.05, 3.63) is 43.0 Å². The third-order valence-corrected chi connectivity index (χ3v) is 7.67. The van der Waals surface area contributed by atoms with Crippen LogP contribution in [0.5, 0.6) is 0 Å². The molecule has 9 heteroatoms. The maximum Gasteiger partial charge on any atom is 0.243 e. The molecule has 2 heterocycles. The number of hydrogen-bond donors (Lipinski definition) is 0. The van der Waals surface area contributed by atoms with E-state index in [0.29, 0.717) is 43.8 Å². The van der Waals surface area contributed by atoms with Gasteiger partial charge < -0.3 is 4.90 Å². The van der Waals surface area contributed by atoms with Crippen LogP contribution in [-0.2, 0) is 21.4 Å². The van der Waals surface area contributed by atoms with Crippen LogP contribution < -0.4 is 0 Å². The zero-order valence-electron chi connectivity index (χ0n) is 16.4. The molecule has 0 bridgehead atoms. The van der Waals surface area contributed by atoms with E-state index in [0.717, 1.165) is 19.3 Å². The molecule has 1 aromatic carbocycles. The topological polar surface area (TPSA) is 88.4 Å². The predicted molar refractivity (Wildman–Crippen MR) is 107 cm³/mol. The van der Waals surface area contributed by atoms with Gasteiger partial charge in [-0.1, -0.05) is 18.2 Å². The average molecular weight is 418 g/mol. The molecule has 1 aliphatic carbocycles. The number of likely N-dealkylation sites (tertiary alicyclic amines) is 1. The maximum absolute atomic E-state index is 13.2. The molecule has 1 saturated heterocycles. The van der Waals surface area contributed by atoms with E-state index in [2.05, 4.69) is 10.1 Å². The minimum absolute atomic E-state index is 0.0353. The molecule has 4 rings (SSSR count). The highest BCUT2D eigenvalue weighted by atomic mass is 32.2. The first-order valence-corrected chi connectivity index (χ1v) is 11.7. The summed E-state index contributed by atoms with van der Waals surface area (Å²) in [6.45, 7) is 1.90. The summed E-state index contributed by atoms with van der Waals surface area (Å²) >= 11 is 0. The number of carbonyl (C=O) groups excluding carboxylic acids is 1. The van der Waals surface area contributed by atoms with Gasteiger partial charge in [-0.05, 0) is 44.2 Å². The monoisotopic (exact) mass is 417 g/mol. The molecule has 0 radical (unpaired) electrons. The minimum Gasteiger partial charge on any atom is -0.343 e. The molecule has 0 atom stereocenters. The third-order valence-electron chi connectivity index (χ3n) is 5.65. The van der Waals surface area contributed by atoms with Crippen LogP contribution in [0.2, 0.25) is 0 Å². The summed E-state index contributed by atoms with van der Waals surface area (Å²) in [5.74, 6) is 0.132. The molecule has 2 aromatic rings. The fraction of sp³-hybridized carbons (Fsp3) is 0.550. The summed E-state index contributed by atoms with van der Waals surface area (Å²) in [7, 11) is -3.50. The largest absolute Gasteiger partial charge is 0.343 e. The first kappa shape index (κ1) is 20.0. The minimum atomic E-state index is -3.50. The average Bonchev–Trinajstić information content (AvgIpc) is 3.42. The Morgan fingerprint density at radius 1 is 1.07 bits per heavy atom. The highest BCUT2D eigenvalue weighted by Crippen LogP contribution is 2.36. The van der Waals surface area contributed by atoms with E-state index in [1.807, 2.05) is 11.0 Å². The molecule has 1 aromatic heterocycles. The number of aryl methyl sites for hydroxylation is 1. The fourth-order valence-electron chi connectivity index (χ4n) is 4.00. The highest BCUT2D eigenvalue weighted by Gasteiger charge is 2.43. The van der Waals surface area contributed by atoms with E-state index in [-0.39, 0.29) is 18.0 Å². The molecule has 2 aliphatic rings. The van der Waals surface area contributed by atoms with Gasteiger partial charge in [0.25, 0.3) is 0 Å². The zero-order chi connectivity index (χ0) is 20.3. The van der Waals surface area contributed by atoms with Crippen LogP contribution in [0.1, 0.15) is 38.5 Å². The van der Waals surface area contributed by atoms with Crippen LogP contribution in [-0.4, -0.2) is 63.5 Å². The number of hydrogen-bond acceptors (Lipinski definition) is 5. The lowest BCUT2D eigenvalue weighted by Gasteiger charge is -2.38. The lowest BCUT2D eigenvalue weighted by molar-refractivity contribution is -0.132. The first-order valence-electron chi connectivity index (χ1n) is 10.2. The Morgan fingerprint density at radius 2 is 1.76 bits per heavy atom. The van der Waals surface area contributed by atoms with Crippen molar-refractivity contribution in [2.24, 2.45) is 0 Å². The lowest BCUT2D eigenvalue weighted by Crippen LogP contribution is -2.49. The van der Waals surface area contributed by atoms with Gasteiger partial charge in [-0.15, -0.1) is 0 Å². The first-order chi connectivity index (χ1) is 14.1. The quantitative estimate of drug-likeness (QED) is 0.655. The number of aromatic nitrogens is 3. The van der Waals surface area contributed by atoms with Crippen molar-refractivity contribution in [2.75, 3.05) is 13.1 Å². The van der Waals surface area contributed by atoms with E-state index in [4.69, 9.17) is 0 Å². The Balaban J connectivity index is 1.33. The van der Waals surface area contributed by atoms with Gasteiger partial charge in [-0.25, -0.2) is 13.4 Å². The molecule has 2 fully saturated rings. The van der Waals surface area contributed by atoms with E-state index in [1.54, 1.807) is 39.6 Å². The maximum atomic E-state index is 13.2. The molecule has 0 N–H and O–H groups in total. The van der Waals surface area contributed by atoms with Crippen molar-refractivity contribution in [1.29, 1.82) is 0 Å². The normalized spacial score (nSPS) is 18.3. The Kier molecular flexibility index (Phi) is 5.96. The van der Waals surface area contributed by atoms with Crippen molar-refractivity contribution in [3.63, 3.8) is 0 Å². The van der Waals surface area contributed by atoms with Gasteiger partial charge in [-0.3, -0.25) is 9.48 Å². The number of piperidine rings is 1. The molecule has 29 heavy (non-hydrogen) atoms. The van der Waals surface area contributed by atoms with Crippen molar-refractivity contribution in [2.45, 2.75) is 62.0 Å². The van der Waals surface area contributed by atoms with Gasteiger partial charge >= 0.3 is 0 Å². The second-order valence-corrected chi connectivity index (χ2v) is 9.60. The Hall–Kier alpha value is -2.26. The van der Waals surface area contributed by atoms with Crippen molar-refractivity contribution >= 4 is 15.9 Å². The fourth-order valence-corrected chi connectivity index (χ4v) is 5.95. The zero-order valence-corrected chi connectivity index (χ0v) is 17.2. The summed E-state index contributed by atoms with van der Waals surface area (Å²) in [4.78, 5) is 18.6. The van der Waals surface area contributed by atoms with Gasteiger partial charge in [0.1, 0.15) is 12.7 Å². The van der Waals surface area contributed by atoms with Crippen molar-refractivity contribution in [1.82, 2.24) is 24.0 Å². The summed E-state index contributed by atoms with van der Waals surface area (Å²) in [6.07, 6.45) is 7.56. The lowest BCUT2D eigenvalue weighted by atomic mass is 10.0. The van der Waals surface area contributed by atoms with E-state index >= 15 is 0 Å². The number of carbonyl (C=O) groups is 1. The number of rotatable bonds is 8. The highest BCUT2D eigenvalue weighted by molar-refractivity contribution is 7.89. The smallest absolute Gasteiger partial charge is 0.243 e. The second-order valence-electron chi connectivity index (χ2n) is 7.75. The predicted octanol–water partition coefficient (Wildman–Crippen LogP) is 1.90. The van der Waals surface area contributed by atoms with E-state index < -0.39 is 10.0 Å². The Morgan fingerprint density at radius 3 is 2.38 bits per heavy atom. The van der Waals surface area contributed by atoms with E-state index in [9.17, 15) is 13.2 Å². The SMILES string of the molecule is O=C(CCCn1cncn1)N1CCC(N(C2CC2)S(=O)(=O)c2ccccc2)CC1. The number of nitrogens with zero attached hydrogens (tertiary/aromatic N) is 5. The van der Waals surface area contributed by atoms with Crippen molar-refractivity contribution < 1.29 is 13.2 Å². The molecule has 1 saturated carbocycles. The van der Waals surface area contributed by atoms with Crippen LogP contribution in [0.25, 0.3) is 0 Å². The summed E-state index contributed by atoms with van der Waals surface area (Å²) in [5.41, 5.74) is 0. The Bertz CT molecular complexity index is 905. The molecule has 1 amide bonds. The van der Waals surface area contributed by atoms with E-state index in [1.165, 1.54) is 6.33 Å². The molecule has 8 nitrogen and oxygen atoms in total. The summed E-state index contributed by atoms with van der Waals surface area (Å²) in [6, 6.07) is 8.75. The van der Waals surface area contributed by atoms with Crippen LogP contribution in [0.3, 0.4) is 0 Å². The van der Waals surface area contributed by atoms with Gasteiger partial charge in [0, 0.05) is 38.1 Å². The summed E-state index contributed by atoms with van der Waals surface area (Å²) < 4.78 is 29.9. The summed E-state index contributed by atoms with van der Waals surface area (Å²) in [5, 5.41) is 4.04. The molecule has 0 spiro atoms. The van der Waals surface area contributed by atoms with Gasteiger partial charge in [0.15, 0.2) is 0 Å². The van der Waals surface area contributed by atoms with Crippen LogP contribution in [0.4, 0.5) is 0 Å². The third kappa shape index (κ3) is 4.67. The van der Waals surface area contributed by atoms with Gasteiger partial charge in [0.05, 0.1) is 4.90 Å². The molecular weight excluding hydrogens is 390 g/mol. The van der Waals surface area contributed by atoms with Crippen LogP contribution in [0, 0.1) is 0 Å². The number of benzene rings is 1. The van der Waals surface area contributed by atoms with Gasteiger partial charge in [0.2, 0.25) is 15.9 Å². The second kappa shape index (κ2) is 8.62. The van der Waals surface area contributed by atoms with Gasteiger partial charge in [-0.2, -0.15) is 9.40 Å². The van der Waals surface area contributed by atoms with Crippen molar-refractivity contribution in [3.8, 4) is 0 Å². The van der Waals surface area contributed by atoms with Crippen LogP contribution >= 0.6 is 0 Å². The molecular formula is C20H27N5O3S. The molecule has 1 aliphatic heterocycles. The number of amides is 1. The molecule has 0 unspecified atom stereocenters. The Labute approximate surface area is 171 Å². The number of sulfonamides is 1. The molecule has 156 valence electrons. The van der Waals surface area contributed by atoms with Crippen LogP contribution in [0.15, 0.2) is 47.9 Å². The standard InChI is InChI=1S/C20H27N5O3S/c26-20(7-4-12-24-16-21-15-22-24)23-13-10-18(11-14-23)25(17-8-9-17)29(27,28)19-5-2-1-3-6-19/h1-3,5-6,15-18H,4,7-14H2.